The highest BCUT2D eigenvalue weighted by Crippen LogP contribution is 2.34. The van der Waals surface area contributed by atoms with Gasteiger partial charge in [0.2, 0.25) is 0 Å². The number of hydrogen-bond donors (Lipinski definition) is 1. The van der Waals surface area contributed by atoms with E-state index < -0.39 is 0 Å². The van der Waals surface area contributed by atoms with Crippen LogP contribution in [-0.2, 0) is 0 Å². The molecule has 1 aromatic rings. The molecule has 3 heteroatoms. The maximum Gasteiger partial charge on any atom is 0.256 e. The number of carbonyl (C=O) groups excluding carboxylic acids is 1. The van der Waals surface area contributed by atoms with E-state index in [0.29, 0.717) is 18.0 Å². The molecule has 1 unspecified atom stereocenters. The van der Waals surface area contributed by atoms with E-state index in [2.05, 4.69) is 24.1 Å². The SMILES string of the molecule is CC(C)C1CC[C@H]2CNc3ccccc3C(=O)N12. The van der Waals surface area contributed by atoms with Crippen molar-refractivity contribution in [2.45, 2.75) is 38.8 Å². The molecule has 2 heterocycles. The normalized spacial score (nSPS) is 26.6. The third-order valence-corrected chi connectivity index (χ3v) is 4.24. The highest BCUT2D eigenvalue weighted by Gasteiger charge is 2.40. The molecule has 1 saturated heterocycles. The Kier molecular flexibility index (Phi) is 2.77. The van der Waals surface area contributed by atoms with Crippen LogP contribution in [-0.4, -0.2) is 29.4 Å². The van der Waals surface area contributed by atoms with Gasteiger partial charge in [-0.2, -0.15) is 0 Å². The lowest BCUT2D eigenvalue weighted by atomic mass is 10.0. The van der Waals surface area contributed by atoms with E-state index >= 15 is 0 Å². The maximum absolute atomic E-state index is 12.7. The zero-order chi connectivity index (χ0) is 12.7. The van der Waals surface area contributed by atoms with Crippen molar-refractivity contribution in [1.82, 2.24) is 4.90 Å². The largest absolute Gasteiger partial charge is 0.382 e. The number of para-hydroxylation sites is 1. The molecular weight excluding hydrogens is 224 g/mol. The summed E-state index contributed by atoms with van der Waals surface area (Å²) >= 11 is 0. The monoisotopic (exact) mass is 244 g/mol. The third kappa shape index (κ3) is 1.69. The van der Waals surface area contributed by atoms with Crippen molar-refractivity contribution in [3.63, 3.8) is 0 Å². The summed E-state index contributed by atoms with van der Waals surface area (Å²) in [6.45, 7) is 5.31. The first-order valence-corrected chi connectivity index (χ1v) is 6.84. The lowest BCUT2D eigenvalue weighted by molar-refractivity contribution is 0.0641. The molecule has 0 saturated carbocycles. The van der Waals surface area contributed by atoms with Gasteiger partial charge in [0.15, 0.2) is 0 Å². The molecule has 0 bridgehead atoms. The standard InChI is InChI=1S/C15H20N2O/c1-10(2)14-8-7-11-9-16-13-6-4-3-5-12(13)15(18)17(11)14/h3-6,10-11,14,16H,7-9H2,1-2H3/t11-,14?/m0/s1. The molecule has 1 amide bonds. The Morgan fingerprint density at radius 1 is 1.28 bits per heavy atom. The van der Waals surface area contributed by atoms with Crippen LogP contribution in [0.2, 0.25) is 0 Å². The second-order valence-corrected chi connectivity index (χ2v) is 5.68. The van der Waals surface area contributed by atoms with Gasteiger partial charge in [0.25, 0.3) is 5.91 Å². The summed E-state index contributed by atoms with van der Waals surface area (Å²) in [5.41, 5.74) is 1.81. The topological polar surface area (TPSA) is 32.3 Å². The van der Waals surface area contributed by atoms with Crippen LogP contribution in [0.5, 0.6) is 0 Å². The number of benzene rings is 1. The number of carbonyl (C=O) groups is 1. The highest BCUT2D eigenvalue weighted by molar-refractivity contribution is 6.00. The second-order valence-electron chi connectivity index (χ2n) is 5.68. The van der Waals surface area contributed by atoms with Gasteiger partial charge >= 0.3 is 0 Å². The number of anilines is 1. The molecule has 96 valence electrons. The van der Waals surface area contributed by atoms with Gasteiger partial charge in [-0.25, -0.2) is 0 Å². The van der Waals surface area contributed by atoms with E-state index in [9.17, 15) is 4.79 Å². The summed E-state index contributed by atoms with van der Waals surface area (Å²) in [5, 5.41) is 3.42. The Morgan fingerprint density at radius 2 is 2.06 bits per heavy atom. The summed E-state index contributed by atoms with van der Waals surface area (Å²) in [6.07, 6.45) is 2.26. The summed E-state index contributed by atoms with van der Waals surface area (Å²) < 4.78 is 0. The van der Waals surface area contributed by atoms with Crippen molar-refractivity contribution in [2.24, 2.45) is 5.92 Å². The van der Waals surface area contributed by atoms with Crippen molar-refractivity contribution in [3.8, 4) is 0 Å². The Labute approximate surface area is 108 Å². The van der Waals surface area contributed by atoms with Gasteiger partial charge in [-0.1, -0.05) is 26.0 Å². The molecule has 3 rings (SSSR count). The number of hydrogen-bond acceptors (Lipinski definition) is 2. The molecule has 1 N–H and O–H groups in total. The first-order chi connectivity index (χ1) is 8.68. The van der Waals surface area contributed by atoms with Gasteiger partial charge in [-0.3, -0.25) is 4.79 Å². The highest BCUT2D eigenvalue weighted by atomic mass is 16.2. The van der Waals surface area contributed by atoms with Crippen LogP contribution in [0.4, 0.5) is 5.69 Å². The zero-order valence-electron chi connectivity index (χ0n) is 11.0. The van der Waals surface area contributed by atoms with Crippen LogP contribution >= 0.6 is 0 Å². The quantitative estimate of drug-likeness (QED) is 0.824. The first kappa shape index (κ1) is 11.6. The smallest absolute Gasteiger partial charge is 0.256 e. The lowest BCUT2D eigenvalue weighted by Gasteiger charge is -2.31. The zero-order valence-corrected chi connectivity index (χ0v) is 11.0. The number of amides is 1. The molecule has 2 aliphatic heterocycles. The van der Waals surface area contributed by atoms with Gasteiger partial charge in [-0.15, -0.1) is 0 Å². The Balaban J connectivity index is 2.00. The number of nitrogens with one attached hydrogen (secondary N) is 1. The fraction of sp³-hybridized carbons (Fsp3) is 0.533. The predicted octanol–water partition coefficient (Wildman–Crippen LogP) is 2.74. The molecule has 2 atom stereocenters. The molecule has 2 aliphatic rings. The van der Waals surface area contributed by atoms with Crippen molar-refractivity contribution in [1.29, 1.82) is 0 Å². The summed E-state index contributed by atoms with van der Waals surface area (Å²) in [5.74, 6) is 0.737. The fourth-order valence-corrected chi connectivity index (χ4v) is 3.27. The predicted molar refractivity (Wildman–Crippen MR) is 72.7 cm³/mol. The molecule has 1 fully saturated rings. The minimum Gasteiger partial charge on any atom is -0.382 e. The van der Waals surface area contributed by atoms with Gasteiger partial charge < -0.3 is 10.2 Å². The van der Waals surface area contributed by atoms with Crippen molar-refractivity contribution < 1.29 is 4.79 Å². The summed E-state index contributed by atoms with van der Waals surface area (Å²) in [7, 11) is 0. The van der Waals surface area contributed by atoms with Crippen LogP contribution < -0.4 is 5.32 Å². The van der Waals surface area contributed by atoms with Crippen molar-refractivity contribution in [2.75, 3.05) is 11.9 Å². The van der Waals surface area contributed by atoms with Crippen LogP contribution in [0.1, 0.15) is 37.0 Å². The van der Waals surface area contributed by atoms with Gasteiger partial charge in [0.05, 0.1) is 5.56 Å². The number of nitrogens with zero attached hydrogens (tertiary/aromatic N) is 1. The number of rotatable bonds is 1. The maximum atomic E-state index is 12.7. The van der Waals surface area contributed by atoms with E-state index in [-0.39, 0.29) is 5.91 Å². The van der Waals surface area contributed by atoms with Crippen LogP contribution in [0.3, 0.4) is 0 Å². The molecule has 0 radical (unpaired) electrons. The number of fused-ring (bicyclic) bond motifs is 2. The summed E-state index contributed by atoms with van der Waals surface area (Å²) in [4.78, 5) is 14.8. The molecule has 0 spiro atoms. The average molecular weight is 244 g/mol. The van der Waals surface area contributed by atoms with E-state index in [0.717, 1.165) is 30.6 Å². The van der Waals surface area contributed by atoms with Crippen LogP contribution in [0.25, 0.3) is 0 Å². The molecule has 0 aromatic heterocycles. The van der Waals surface area contributed by atoms with Gasteiger partial charge in [-0.05, 0) is 30.9 Å². The van der Waals surface area contributed by atoms with E-state index in [1.165, 1.54) is 0 Å². The van der Waals surface area contributed by atoms with Crippen LogP contribution in [0.15, 0.2) is 24.3 Å². The average Bonchev–Trinajstić information content (AvgIpc) is 2.74. The second kappa shape index (κ2) is 4.30. The van der Waals surface area contributed by atoms with Crippen molar-refractivity contribution >= 4 is 11.6 Å². The van der Waals surface area contributed by atoms with E-state index in [4.69, 9.17) is 0 Å². The van der Waals surface area contributed by atoms with Gasteiger partial charge in [0, 0.05) is 24.3 Å². The van der Waals surface area contributed by atoms with Gasteiger partial charge in [0.1, 0.15) is 0 Å². The van der Waals surface area contributed by atoms with E-state index in [1.807, 2.05) is 24.3 Å². The lowest BCUT2D eigenvalue weighted by Crippen LogP contribution is -2.44. The minimum absolute atomic E-state index is 0.205. The molecule has 0 aliphatic carbocycles. The van der Waals surface area contributed by atoms with Crippen molar-refractivity contribution in [3.05, 3.63) is 29.8 Å². The van der Waals surface area contributed by atoms with E-state index in [1.54, 1.807) is 0 Å². The Morgan fingerprint density at radius 3 is 2.83 bits per heavy atom. The molecule has 3 nitrogen and oxygen atoms in total. The minimum atomic E-state index is 0.205. The van der Waals surface area contributed by atoms with Crippen LogP contribution in [0, 0.1) is 5.92 Å². The molecular formula is C15H20N2O. The first-order valence-electron chi connectivity index (χ1n) is 6.84. The summed E-state index contributed by atoms with van der Waals surface area (Å²) in [6, 6.07) is 8.62. The Bertz CT molecular complexity index is 469. The fourth-order valence-electron chi connectivity index (χ4n) is 3.27. The third-order valence-electron chi connectivity index (χ3n) is 4.24. The molecule has 18 heavy (non-hydrogen) atoms. The Hall–Kier alpha value is -1.51. The molecule has 1 aromatic carbocycles.